The third kappa shape index (κ3) is 2.50. The Balaban J connectivity index is 1.71. The van der Waals surface area contributed by atoms with Crippen molar-refractivity contribution >= 4 is 11.7 Å². The first-order valence-corrected chi connectivity index (χ1v) is 6.75. The summed E-state index contributed by atoms with van der Waals surface area (Å²) in [6.07, 6.45) is 3.96. The van der Waals surface area contributed by atoms with Crippen LogP contribution < -0.4 is 11.1 Å². The summed E-state index contributed by atoms with van der Waals surface area (Å²) < 4.78 is 0. The lowest BCUT2D eigenvalue weighted by Gasteiger charge is -2.17. The number of carbonyl (C=O) groups is 1. The number of pyridine rings is 1. The molecule has 0 aliphatic heterocycles. The molecular formula is C16H17N3O. The van der Waals surface area contributed by atoms with Crippen LogP contribution in [-0.4, -0.2) is 17.4 Å². The summed E-state index contributed by atoms with van der Waals surface area (Å²) in [7, 11) is 0. The van der Waals surface area contributed by atoms with Crippen molar-refractivity contribution in [3.05, 3.63) is 59.8 Å². The van der Waals surface area contributed by atoms with E-state index >= 15 is 0 Å². The fraction of sp³-hybridized carbons (Fsp3) is 0.250. The predicted octanol–water partition coefficient (Wildman–Crippen LogP) is 2.32. The van der Waals surface area contributed by atoms with Crippen molar-refractivity contribution in [3.8, 4) is 0 Å². The number of carbonyl (C=O) groups excluding carboxylic acids is 1. The Morgan fingerprint density at radius 3 is 2.65 bits per heavy atom. The second-order valence-corrected chi connectivity index (χ2v) is 5.29. The highest BCUT2D eigenvalue weighted by Crippen LogP contribution is 2.47. The zero-order valence-corrected chi connectivity index (χ0v) is 11.2. The maximum absolute atomic E-state index is 11.2. The molecule has 0 unspecified atom stereocenters. The van der Waals surface area contributed by atoms with Gasteiger partial charge in [-0.25, -0.2) is 4.98 Å². The third-order valence-electron chi connectivity index (χ3n) is 3.89. The van der Waals surface area contributed by atoms with E-state index in [0.29, 0.717) is 11.4 Å². The molecule has 20 heavy (non-hydrogen) atoms. The van der Waals surface area contributed by atoms with Crippen molar-refractivity contribution < 1.29 is 4.79 Å². The number of hydrogen-bond acceptors (Lipinski definition) is 3. The molecule has 102 valence electrons. The predicted molar refractivity (Wildman–Crippen MR) is 78.6 cm³/mol. The number of anilines is 1. The number of nitrogens with zero attached hydrogens (tertiary/aromatic N) is 1. The minimum Gasteiger partial charge on any atom is -0.369 e. The van der Waals surface area contributed by atoms with Crippen LogP contribution in [0.15, 0.2) is 48.7 Å². The normalized spacial score (nSPS) is 15.6. The first-order chi connectivity index (χ1) is 9.70. The van der Waals surface area contributed by atoms with Crippen LogP contribution in [-0.2, 0) is 5.41 Å². The summed E-state index contributed by atoms with van der Waals surface area (Å²) in [4.78, 5) is 15.4. The van der Waals surface area contributed by atoms with Crippen LogP contribution in [0.3, 0.4) is 0 Å². The number of nitrogens with one attached hydrogen (secondary N) is 1. The SMILES string of the molecule is NC(=O)c1ccnc(NCC2(c3ccccc3)CC2)c1. The molecule has 1 aliphatic carbocycles. The Bertz CT molecular complexity index is 621. The van der Waals surface area contributed by atoms with E-state index in [1.807, 2.05) is 6.07 Å². The van der Waals surface area contributed by atoms with Crippen LogP contribution in [0.1, 0.15) is 28.8 Å². The van der Waals surface area contributed by atoms with Gasteiger partial charge in [-0.15, -0.1) is 0 Å². The minimum absolute atomic E-state index is 0.214. The first-order valence-electron chi connectivity index (χ1n) is 6.75. The Labute approximate surface area is 118 Å². The lowest BCUT2D eigenvalue weighted by molar-refractivity contribution is 0.1000. The average molecular weight is 267 g/mol. The molecule has 1 heterocycles. The van der Waals surface area contributed by atoms with E-state index in [4.69, 9.17) is 5.73 Å². The number of aromatic nitrogens is 1. The molecule has 3 rings (SSSR count). The molecule has 1 aliphatic rings. The Morgan fingerprint density at radius 1 is 1.25 bits per heavy atom. The van der Waals surface area contributed by atoms with Gasteiger partial charge in [-0.1, -0.05) is 30.3 Å². The number of amides is 1. The molecule has 0 atom stereocenters. The quantitative estimate of drug-likeness (QED) is 0.873. The molecule has 2 aromatic rings. The molecule has 1 aromatic heterocycles. The first kappa shape index (κ1) is 12.7. The average Bonchev–Trinajstić information content (AvgIpc) is 3.28. The number of hydrogen-bond donors (Lipinski definition) is 2. The van der Waals surface area contributed by atoms with E-state index in [2.05, 4.69) is 34.6 Å². The van der Waals surface area contributed by atoms with Gasteiger partial charge in [0.15, 0.2) is 0 Å². The molecule has 1 fully saturated rings. The Morgan fingerprint density at radius 2 is 2.00 bits per heavy atom. The monoisotopic (exact) mass is 267 g/mol. The zero-order valence-electron chi connectivity index (χ0n) is 11.2. The Kier molecular flexibility index (Phi) is 3.14. The van der Waals surface area contributed by atoms with Gasteiger partial charge in [0, 0.05) is 23.7 Å². The van der Waals surface area contributed by atoms with Gasteiger partial charge in [-0.3, -0.25) is 4.79 Å². The van der Waals surface area contributed by atoms with Gasteiger partial charge in [0.05, 0.1) is 0 Å². The van der Waals surface area contributed by atoms with Gasteiger partial charge in [0.1, 0.15) is 5.82 Å². The number of nitrogens with two attached hydrogens (primary N) is 1. The van der Waals surface area contributed by atoms with Crippen molar-refractivity contribution in [1.82, 2.24) is 4.98 Å². The molecule has 0 radical (unpaired) electrons. The van der Waals surface area contributed by atoms with E-state index in [9.17, 15) is 4.79 Å². The molecular weight excluding hydrogens is 250 g/mol. The van der Waals surface area contributed by atoms with Crippen molar-refractivity contribution in [1.29, 1.82) is 0 Å². The van der Waals surface area contributed by atoms with Gasteiger partial charge >= 0.3 is 0 Å². The molecule has 4 heteroatoms. The maximum Gasteiger partial charge on any atom is 0.248 e. The van der Waals surface area contributed by atoms with Crippen LogP contribution >= 0.6 is 0 Å². The maximum atomic E-state index is 11.2. The van der Waals surface area contributed by atoms with Crippen LogP contribution in [0.5, 0.6) is 0 Å². The Hall–Kier alpha value is -2.36. The topological polar surface area (TPSA) is 68.0 Å². The second-order valence-electron chi connectivity index (χ2n) is 5.29. The minimum atomic E-state index is -0.431. The third-order valence-corrected chi connectivity index (χ3v) is 3.89. The van der Waals surface area contributed by atoms with Gasteiger partial charge in [-0.05, 0) is 30.5 Å². The molecule has 1 saturated carbocycles. The van der Waals surface area contributed by atoms with Crippen LogP contribution in [0.25, 0.3) is 0 Å². The summed E-state index contributed by atoms with van der Waals surface area (Å²) in [6, 6.07) is 13.8. The molecule has 0 saturated heterocycles. The van der Waals surface area contributed by atoms with Crippen molar-refractivity contribution in [2.24, 2.45) is 5.73 Å². The van der Waals surface area contributed by atoms with Gasteiger partial charge < -0.3 is 11.1 Å². The largest absolute Gasteiger partial charge is 0.369 e. The summed E-state index contributed by atoms with van der Waals surface area (Å²) in [6.45, 7) is 0.826. The van der Waals surface area contributed by atoms with Gasteiger partial charge in [-0.2, -0.15) is 0 Å². The van der Waals surface area contributed by atoms with E-state index in [1.165, 1.54) is 18.4 Å². The number of benzene rings is 1. The second kappa shape index (κ2) is 4.96. The summed E-state index contributed by atoms with van der Waals surface area (Å²) >= 11 is 0. The fourth-order valence-corrected chi connectivity index (χ4v) is 2.45. The van der Waals surface area contributed by atoms with E-state index in [1.54, 1.807) is 18.3 Å². The smallest absolute Gasteiger partial charge is 0.248 e. The standard InChI is InChI=1S/C16H17N3O/c17-15(20)12-6-9-18-14(10-12)19-11-16(7-8-16)13-4-2-1-3-5-13/h1-6,9-10H,7-8,11H2,(H2,17,20)(H,18,19). The van der Waals surface area contributed by atoms with E-state index < -0.39 is 5.91 Å². The van der Waals surface area contributed by atoms with Crippen LogP contribution in [0, 0.1) is 0 Å². The molecule has 3 N–H and O–H groups in total. The van der Waals surface area contributed by atoms with E-state index in [-0.39, 0.29) is 5.41 Å². The molecule has 0 spiro atoms. The van der Waals surface area contributed by atoms with Crippen LogP contribution in [0.4, 0.5) is 5.82 Å². The highest BCUT2D eigenvalue weighted by Gasteiger charge is 2.43. The van der Waals surface area contributed by atoms with Crippen molar-refractivity contribution in [3.63, 3.8) is 0 Å². The highest BCUT2D eigenvalue weighted by molar-refractivity contribution is 5.93. The zero-order chi connectivity index (χ0) is 14.0. The lowest BCUT2D eigenvalue weighted by Crippen LogP contribution is -2.20. The van der Waals surface area contributed by atoms with Crippen molar-refractivity contribution in [2.45, 2.75) is 18.3 Å². The molecule has 1 amide bonds. The number of rotatable bonds is 5. The summed E-state index contributed by atoms with van der Waals surface area (Å²) in [5.41, 5.74) is 7.33. The summed E-state index contributed by atoms with van der Waals surface area (Å²) in [5, 5.41) is 3.32. The molecule has 4 nitrogen and oxygen atoms in total. The van der Waals surface area contributed by atoms with Crippen molar-refractivity contribution in [2.75, 3.05) is 11.9 Å². The summed E-state index contributed by atoms with van der Waals surface area (Å²) in [5.74, 6) is 0.267. The highest BCUT2D eigenvalue weighted by atomic mass is 16.1. The van der Waals surface area contributed by atoms with Crippen LogP contribution in [0.2, 0.25) is 0 Å². The fourth-order valence-electron chi connectivity index (χ4n) is 2.45. The molecule has 0 bridgehead atoms. The van der Waals surface area contributed by atoms with E-state index in [0.717, 1.165) is 6.54 Å². The molecule has 1 aromatic carbocycles. The van der Waals surface area contributed by atoms with Gasteiger partial charge in [0.2, 0.25) is 5.91 Å². The number of primary amides is 1. The lowest BCUT2D eigenvalue weighted by atomic mass is 9.96. The van der Waals surface area contributed by atoms with Gasteiger partial charge in [0.25, 0.3) is 0 Å².